The number of carbonyl (C=O) groups is 2. The van der Waals surface area contributed by atoms with Gasteiger partial charge in [0.15, 0.2) is 6.61 Å². The van der Waals surface area contributed by atoms with E-state index in [0.29, 0.717) is 5.75 Å². The molecule has 1 rings (SSSR count). The zero-order valence-electron chi connectivity index (χ0n) is 12.1. The van der Waals surface area contributed by atoms with Crippen LogP contribution in [0.4, 0.5) is 0 Å². The van der Waals surface area contributed by atoms with Crippen LogP contribution in [0, 0.1) is 6.92 Å². The first-order chi connectivity index (χ1) is 9.49. The lowest BCUT2D eigenvalue weighted by atomic mass is 10.2. The molecule has 1 amide bonds. The van der Waals surface area contributed by atoms with Crippen molar-refractivity contribution in [3.05, 3.63) is 29.8 Å². The minimum absolute atomic E-state index is 0.0654. The van der Waals surface area contributed by atoms with E-state index >= 15 is 0 Å². The van der Waals surface area contributed by atoms with Crippen LogP contribution in [0.15, 0.2) is 24.3 Å². The summed E-state index contributed by atoms with van der Waals surface area (Å²) < 4.78 is 10.3. The third kappa shape index (κ3) is 6.22. The van der Waals surface area contributed by atoms with Crippen LogP contribution in [-0.2, 0) is 14.3 Å². The fourth-order valence-electron chi connectivity index (χ4n) is 1.54. The summed E-state index contributed by atoms with van der Waals surface area (Å²) in [6.45, 7) is 5.67. The van der Waals surface area contributed by atoms with Crippen molar-refractivity contribution in [1.29, 1.82) is 0 Å². The summed E-state index contributed by atoms with van der Waals surface area (Å²) in [5.74, 6) is 0.104. The van der Waals surface area contributed by atoms with Crippen LogP contribution in [0.3, 0.4) is 0 Å². The molecule has 1 N–H and O–H groups in total. The summed E-state index contributed by atoms with van der Waals surface area (Å²) in [7, 11) is 0. The van der Waals surface area contributed by atoms with Crippen molar-refractivity contribution < 1.29 is 19.1 Å². The van der Waals surface area contributed by atoms with E-state index < -0.39 is 0 Å². The van der Waals surface area contributed by atoms with Crippen molar-refractivity contribution in [1.82, 2.24) is 5.32 Å². The van der Waals surface area contributed by atoms with Crippen molar-refractivity contribution in [2.75, 3.05) is 13.2 Å². The van der Waals surface area contributed by atoms with Crippen molar-refractivity contribution in [3.8, 4) is 5.75 Å². The number of esters is 1. The van der Waals surface area contributed by atoms with Gasteiger partial charge < -0.3 is 14.8 Å². The number of benzene rings is 1. The molecule has 0 fully saturated rings. The molecular weight excluding hydrogens is 258 g/mol. The smallest absolute Gasteiger partial charge is 0.307 e. The highest BCUT2D eigenvalue weighted by Gasteiger charge is 2.07. The lowest BCUT2D eigenvalue weighted by molar-refractivity contribution is -0.147. The Morgan fingerprint density at radius 3 is 2.60 bits per heavy atom. The maximum atomic E-state index is 11.5. The van der Waals surface area contributed by atoms with Gasteiger partial charge in [-0.3, -0.25) is 9.59 Å². The SMILES string of the molecule is Cc1ccccc1OCC(=O)NCCC(=O)OC(C)C. The summed E-state index contributed by atoms with van der Waals surface area (Å²) in [6, 6.07) is 7.47. The van der Waals surface area contributed by atoms with Crippen LogP contribution in [0.2, 0.25) is 0 Å². The summed E-state index contributed by atoms with van der Waals surface area (Å²) in [5, 5.41) is 2.61. The van der Waals surface area contributed by atoms with Crippen molar-refractivity contribution >= 4 is 11.9 Å². The Kier molecular flexibility index (Phi) is 6.56. The molecule has 0 heterocycles. The van der Waals surface area contributed by atoms with Gasteiger partial charge in [0.1, 0.15) is 5.75 Å². The fourth-order valence-corrected chi connectivity index (χ4v) is 1.54. The lowest BCUT2D eigenvalue weighted by Gasteiger charge is -2.10. The average molecular weight is 279 g/mol. The third-order valence-corrected chi connectivity index (χ3v) is 2.47. The van der Waals surface area contributed by atoms with E-state index in [4.69, 9.17) is 9.47 Å². The maximum absolute atomic E-state index is 11.5. The van der Waals surface area contributed by atoms with Crippen molar-refractivity contribution in [2.45, 2.75) is 33.3 Å². The highest BCUT2D eigenvalue weighted by molar-refractivity contribution is 5.78. The van der Waals surface area contributed by atoms with Gasteiger partial charge in [0.05, 0.1) is 12.5 Å². The van der Waals surface area contributed by atoms with Crippen molar-refractivity contribution in [2.24, 2.45) is 0 Å². The van der Waals surface area contributed by atoms with E-state index in [9.17, 15) is 9.59 Å². The van der Waals surface area contributed by atoms with Gasteiger partial charge in [0, 0.05) is 6.54 Å². The highest BCUT2D eigenvalue weighted by Crippen LogP contribution is 2.15. The molecule has 0 aromatic heterocycles. The zero-order chi connectivity index (χ0) is 15.0. The van der Waals surface area contributed by atoms with Crippen LogP contribution in [0.25, 0.3) is 0 Å². The van der Waals surface area contributed by atoms with Gasteiger partial charge in [-0.1, -0.05) is 18.2 Å². The van der Waals surface area contributed by atoms with Crippen LogP contribution in [0.5, 0.6) is 5.75 Å². The van der Waals surface area contributed by atoms with Gasteiger partial charge in [0.2, 0.25) is 0 Å². The average Bonchev–Trinajstić information content (AvgIpc) is 2.37. The minimum Gasteiger partial charge on any atom is -0.484 e. The number of carbonyl (C=O) groups excluding carboxylic acids is 2. The van der Waals surface area contributed by atoms with E-state index in [-0.39, 0.29) is 37.6 Å². The Morgan fingerprint density at radius 2 is 1.95 bits per heavy atom. The van der Waals surface area contributed by atoms with Gasteiger partial charge in [-0.15, -0.1) is 0 Å². The maximum Gasteiger partial charge on any atom is 0.307 e. The Bertz CT molecular complexity index is 457. The largest absolute Gasteiger partial charge is 0.484 e. The number of hydrogen-bond donors (Lipinski definition) is 1. The van der Waals surface area contributed by atoms with E-state index in [2.05, 4.69) is 5.32 Å². The number of amides is 1. The number of nitrogens with one attached hydrogen (secondary N) is 1. The molecule has 0 atom stereocenters. The molecular formula is C15H21NO4. The van der Waals surface area contributed by atoms with Crippen LogP contribution in [-0.4, -0.2) is 31.1 Å². The van der Waals surface area contributed by atoms with Gasteiger partial charge in [-0.2, -0.15) is 0 Å². The molecule has 0 unspecified atom stereocenters. The molecule has 0 spiro atoms. The zero-order valence-corrected chi connectivity index (χ0v) is 12.1. The molecule has 0 bridgehead atoms. The topological polar surface area (TPSA) is 64.6 Å². The molecule has 0 aliphatic heterocycles. The Hall–Kier alpha value is -2.04. The van der Waals surface area contributed by atoms with Crippen LogP contribution >= 0.6 is 0 Å². The van der Waals surface area contributed by atoms with Gasteiger partial charge in [-0.25, -0.2) is 0 Å². The number of rotatable bonds is 7. The molecule has 0 saturated carbocycles. The quantitative estimate of drug-likeness (QED) is 0.773. The Labute approximate surface area is 119 Å². The van der Waals surface area contributed by atoms with E-state index in [1.807, 2.05) is 31.2 Å². The molecule has 0 saturated heterocycles. The lowest BCUT2D eigenvalue weighted by Crippen LogP contribution is -2.31. The minimum atomic E-state index is -0.319. The normalized spacial score (nSPS) is 10.2. The third-order valence-electron chi connectivity index (χ3n) is 2.47. The van der Waals surface area contributed by atoms with E-state index in [1.54, 1.807) is 13.8 Å². The predicted octanol–water partition coefficient (Wildman–Crippen LogP) is 1.83. The first-order valence-electron chi connectivity index (χ1n) is 6.63. The molecule has 1 aromatic carbocycles. The van der Waals surface area contributed by atoms with Gasteiger partial charge in [0.25, 0.3) is 5.91 Å². The fraction of sp³-hybridized carbons (Fsp3) is 0.467. The molecule has 0 aliphatic rings. The van der Waals surface area contributed by atoms with Crippen LogP contribution < -0.4 is 10.1 Å². The number of aryl methyl sites for hydroxylation is 1. The Morgan fingerprint density at radius 1 is 1.25 bits per heavy atom. The predicted molar refractivity (Wildman–Crippen MR) is 75.5 cm³/mol. The first-order valence-corrected chi connectivity index (χ1v) is 6.63. The standard InChI is InChI=1S/C15H21NO4/c1-11(2)20-15(18)8-9-16-14(17)10-19-13-7-5-4-6-12(13)3/h4-7,11H,8-10H2,1-3H3,(H,16,17). The Balaban J connectivity index is 2.21. The molecule has 5 heteroatoms. The molecule has 110 valence electrons. The summed E-state index contributed by atoms with van der Waals surface area (Å²) in [4.78, 5) is 22.8. The second-order valence-electron chi connectivity index (χ2n) is 4.69. The summed E-state index contributed by atoms with van der Waals surface area (Å²) in [5.41, 5.74) is 0.973. The monoisotopic (exact) mass is 279 g/mol. The van der Waals surface area contributed by atoms with E-state index in [1.165, 1.54) is 0 Å². The summed E-state index contributed by atoms with van der Waals surface area (Å²) >= 11 is 0. The highest BCUT2D eigenvalue weighted by atomic mass is 16.5. The molecule has 0 aliphatic carbocycles. The second kappa shape index (κ2) is 8.19. The molecule has 0 radical (unpaired) electrons. The molecule has 5 nitrogen and oxygen atoms in total. The molecule has 1 aromatic rings. The van der Waals surface area contributed by atoms with Crippen molar-refractivity contribution in [3.63, 3.8) is 0 Å². The second-order valence-corrected chi connectivity index (χ2v) is 4.69. The summed E-state index contributed by atoms with van der Waals surface area (Å²) in [6.07, 6.45) is 0.0245. The first kappa shape index (κ1) is 16.0. The number of hydrogen-bond acceptors (Lipinski definition) is 4. The van der Waals surface area contributed by atoms with Crippen LogP contribution in [0.1, 0.15) is 25.8 Å². The number of para-hydroxylation sites is 1. The molecule has 20 heavy (non-hydrogen) atoms. The van der Waals surface area contributed by atoms with E-state index in [0.717, 1.165) is 5.56 Å². The van der Waals surface area contributed by atoms with Gasteiger partial charge >= 0.3 is 5.97 Å². The van der Waals surface area contributed by atoms with Gasteiger partial charge in [-0.05, 0) is 32.4 Å². The number of ether oxygens (including phenoxy) is 2.